The molecule has 0 aromatic heterocycles. The highest BCUT2D eigenvalue weighted by Gasteiger charge is 2.51. The van der Waals surface area contributed by atoms with E-state index in [4.69, 9.17) is 0 Å². The molecule has 0 bridgehead atoms. The lowest BCUT2D eigenvalue weighted by atomic mass is 9.99. The van der Waals surface area contributed by atoms with Crippen molar-refractivity contribution in [2.45, 2.75) is 12.1 Å². The van der Waals surface area contributed by atoms with Gasteiger partial charge in [0.1, 0.15) is 5.92 Å². The molecule has 0 nitrogen and oxygen atoms in total. The van der Waals surface area contributed by atoms with Crippen molar-refractivity contribution in [2.75, 3.05) is 0 Å². The summed E-state index contributed by atoms with van der Waals surface area (Å²) >= 11 is 0. The number of rotatable bonds is 0. The Morgan fingerprint density at radius 3 is 2.06 bits per heavy atom. The fraction of sp³-hybridized carbons (Fsp3) is 0.200. The van der Waals surface area contributed by atoms with Crippen LogP contribution in [0.3, 0.4) is 0 Å². The molecule has 92 valence electrons. The summed E-state index contributed by atoms with van der Waals surface area (Å²) in [6.45, 7) is 0. The van der Waals surface area contributed by atoms with Crippen molar-refractivity contribution in [3.63, 3.8) is 0 Å². The van der Waals surface area contributed by atoms with Gasteiger partial charge in [-0.3, -0.25) is 0 Å². The maximum Gasteiger partial charge on any atom is 0.402 e. The standard InChI is InChI=1S/C10H3F7/c11-4-2-1-3-5(7(4)12)8(13)9(14)6(3)10(15,16)17/h1-2,6H. The lowest BCUT2D eigenvalue weighted by Crippen LogP contribution is -2.20. The molecule has 0 spiro atoms. The van der Waals surface area contributed by atoms with E-state index < -0.39 is 46.5 Å². The molecule has 2 rings (SSSR count). The van der Waals surface area contributed by atoms with E-state index in [0.29, 0.717) is 12.1 Å². The molecule has 1 aromatic rings. The van der Waals surface area contributed by atoms with Gasteiger partial charge in [0, 0.05) is 0 Å². The van der Waals surface area contributed by atoms with Crippen LogP contribution in [0.15, 0.2) is 18.0 Å². The van der Waals surface area contributed by atoms with Gasteiger partial charge < -0.3 is 0 Å². The Morgan fingerprint density at radius 1 is 0.941 bits per heavy atom. The molecule has 1 unspecified atom stereocenters. The van der Waals surface area contributed by atoms with Crippen LogP contribution >= 0.6 is 0 Å². The summed E-state index contributed by atoms with van der Waals surface area (Å²) < 4.78 is 89.4. The lowest BCUT2D eigenvalue weighted by Gasteiger charge is -2.15. The van der Waals surface area contributed by atoms with Gasteiger partial charge >= 0.3 is 6.18 Å². The van der Waals surface area contributed by atoms with Crippen molar-refractivity contribution in [3.8, 4) is 0 Å². The number of alkyl halides is 3. The number of benzene rings is 1. The number of hydrogen-bond donors (Lipinski definition) is 0. The molecular formula is C10H3F7. The third kappa shape index (κ3) is 1.60. The van der Waals surface area contributed by atoms with E-state index >= 15 is 0 Å². The van der Waals surface area contributed by atoms with Gasteiger partial charge in [0.25, 0.3) is 0 Å². The fourth-order valence-electron chi connectivity index (χ4n) is 1.73. The van der Waals surface area contributed by atoms with Gasteiger partial charge in [-0.05, 0) is 11.6 Å². The van der Waals surface area contributed by atoms with E-state index in [1.165, 1.54) is 0 Å². The third-order valence-corrected chi connectivity index (χ3v) is 2.45. The van der Waals surface area contributed by atoms with Crippen LogP contribution in [0, 0.1) is 11.6 Å². The van der Waals surface area contributed by atoms with Gasteiger partial charge in [-0.15, -0.1) is 0 Å². The van der Waals surface area contributed by atoms with Crippen LogP contribution in [0.4, 0.5) is 30.7 Å². The zero-order valence-electron chi connectivity index (χ0n) is 7.88. The van der Waals surface area contributed by atoms with Crippen molar-refractivity contribution in [3.05, 3.63) is 40.7 Å². The molecule has 1 atom stereocenters. The predicted octanol–water partition coefficient (Wildman–Crippen LogP) is 4.23. The monoisotopic (exact) mass is 256 g/mol. The highest BCUT2D eigenvalue weighted by atomic mass is 19.4. The van der Waals surface area contributed by atoms with Crippen LogP contribution in [-0.4, -0.2) is 6.18 Å². The van der Waals surface area contributed by atoms with Gasteiger partial charge in [-0.2, -0.15) is 13.2 Å². The topological polar surface area (TPSA) is 0 Å². The molecule has 1 aromatic carbocycles. The predicted molar refractivity (Wildman–Crippen MR) is 44.3 cm³/mol. The van der Waals surface area contributed by atoms with Gasteiger partial charge in [0.2, 0.25) is 0 Å². The molecule has 0 saturated carbocycles. The first-order valence-electron chi connectivity index (χ1n) is 4.35. The molecule has 17 heavy (non-hydrogen) atoms. The van der Waals surface area contributed by atoms with Crippen molar-refractivity contribution in [2.24, 2.45) is 0 Å². The van der Waals surface area contributed by atoms with Crippen LogP contribution in [-0.2, 0) is 0 Å². The van der Waals surface area contributed by atoms with E-state index in [1.54, 1.807) is 0 Å². The zero-order chi connectivity index (χ0) is 13.0. The number of fused-ring (bicyclic) bond motifs is 1. The largest absolute Gasteiger partial charge is 0.402 e. The van der Waals surface area contributed by atoms with Crippen molar-refractivity contribution < 1.29 is 30.7 Å². The Labute approximate surface area is 90.4 Å². The van der Waals surface area contributed by atoms with Crippen LogP contribution in [0.2, 0.25) is 0 Å². The smallest absolute Gasteiger partial charge is 0.208 e. The molecule has 0 fully saturated rings. The number of allylic oxidation sites excluding steroid dienone is 1. The molecule has 7 heteroatoms. The normalized spacial score (nSPS) is 19.8. The fourth-order valence-corrected chi connectivity index (χ4v) is 1.73. The Kier molecular flexibility index (Phi) is 2.44. The van der Waals surface area contributed by atoms with Crippen LogP contribution in [0.1, 0.15) is 17.0 Å². The first-order chi connectivity index (χ1) is 7.75. The summed E-state index contributed by atoms with van der Waals surface area (Å²) in [5.41, 5.74) is -2.24. The SMILES string of the molecule is FC1=C(F)C(C(F)(F)F)c2ccc(F)c(F)c21. The quantitative estimate of drug-likeness (QED) is 0.609. The molecule has 0 aliphatic heterocycles. The van der Waals surface area contributed by atoms with Crippen LogP contribution in [0.25, 0.3) is 5.83 Å². The molecular weight excluding hydrogens is 253 g/mol. The van der Waals surface area contributed by atoms with Crippen molar-refractivity contribution in [1.82, 2.24) is 0 Å². The molecule has 0 amide bonds. The first-order valence-corrected chi connectivity index (χ1v) is 4.35. The Bertz CT molecular complexity index is 512. The summed E-state index contributed by atoms with van der Waals surface area (Å²) in [7, 11) is 0. The van der Waals surface area contributed by atoms with Crippen molar-refractivity contribution in [1.29, 1.82) is 0 Å². The zero-order valence-corrected chi connectivity index (χ0v) is 7.88. The van der Waals surface area contributed by atoms with Gasteiger partial charge in [-0.25, -0.2) is 17.6 Å². The summed E-state index contributed by atoms with van der Waals surface area (Å²) in [5, 5.41) is 0. The maximum absolute atomic E-state index is 13.1. The van der Waals surface area contributed by atoms with E-state index in [0.717, 1.165) is 0 Å². The van der Waals surface area contributed by atoms with Crippen LogP contribution in [0.5, 0.6) is 0 Å². The van der Waals surface area contributed by atoms with Gasteiger partial charge in [0.05, 0.1) is 5.56 Å². The summed E-state index contributed by atoms with van der Waals surface area (Å²) in [6, 6.07) is 0.927. The van der Waals surface area contributed by atoms with Gasteiger partial charge in [0.15, 0.2) is 23.3 Å². The molecule has 0 saturated heterocycles. The van der Waals surface area contributed by atoms with E-state index in [-0.39, 0.29) is 0 Å². The second-order valence-corrected chi connectivity index (χ2v) is 3.46. The number of hydrogen-bond acceptors (Lipinski definition) is 0. The average molecular weight is 256 g/mol. The van der Waals surface area contributed by atoms with E-state index in [1.807, 2.05) is 0 Å². The molecule has 0 heterocycles. The minimum atomic E-state index is -5.10. The summed E-state index contributed by atoms with van der Waals surface area (Å²) in [6.07, 6.45) is -5.10. The van der Waals surface area contributed by atoms with E-state index in [2.05, 4.69) is 0 Å². The summed E-state index contributed by atoms with van der Waals surface area (Å²) in [4.78, 5) is 0. The second-order valence-electron chi connectivity index (χ2n) is 3.46. The third-order valence-electron chi connectivity index (χ3n) is 2.45. The second kappa shape index (κ2) is 3.48. The number of halogens is 7. The van der Waals surface area contributed by atoms with Gasteiger partial charge in [-0.1, -0.05) is 6.07 Å². The molecule has 0 N–H and O–H groups in total. The van der Waals surface area contributed by atoms with Crippen molar-refractivity contribution >= 4 is 5.83 Å². The lowest BCUT2D eigenvalue weighted by molar-refractivity contribution is -0.144. The Morgan fingerprint density at radius 2 is 1.53 bits per heavy atom. The minimum absolute atomic E-state index is 0.402. The van der Waals surface area contributed by atoms with E-state index in [9.17, 15) is 30.7 Å². The average Bonchev–Trinajstić information content (AvgIpc) is 2.46. The highest BCUT2D eigenvalue weighted by Crippen LogP contribution is 2.51. The minimum Gasteiger partial charge on any atom is -0.208 e. The maximum atomic E-state index is 13.1. The molecule has 0 radical (unpaired) electrons. The highest BCUT2D eigenvalue weighted by molar-refractivity contribution is 5.73. The Balaban J connectivity index is 2.72. The Hall–Kier alpha value is -1.53. The van der Waals surface area contributed by atoms with Crippen LogP contribution < -0.4 is 0 Å². The molecule has 1 aliphatic rings. The molecule has 1 aliphatic carbocycles. The summed E-state index contributed by atoms with van der Waals surface area (Å²) in [5.74, 6) is -10.4. The first kappa shape index (κ1) is 11.9.